The van der Waals surface area contributed by atoms with Gasteiger partial charge in [0.1, 0.15) is 5.82 Å². The number of anilines is 2. The quantitative estimate of drug-likeness (QED) is 0.783. The van der Waals surface area contributed by atoms with Crippen molar-refractivity contribution in [1.29, 1.82) is 0 Å². The van der Waals surface area contributed by atoms with Gasteiger partial charge >= 0.3 is 0 Å². The molecule has 2 aromatic rings. The summed E-state index contributed by atoms with van der Waals surface area (Å²) in [5.41, 5.74) is 6.87. The summed E-state index contributed by atoms with van der Waals surface area (Å²) in [6.45, 7) is 1.56. The maximum absolute atomic E-state index is 13.6. The number of hydrogen-bond acceptors (Lipinski definition) is 2. The maximum Gasteiger partial charge on any atom is 0.255 e. The highest BCUT2D eigenvalue weighted by Gasteiger charge is 2.12. The molecule has 0 atom stereocenters. The molecule has 0 unspecified atom stereocenters. The summed E-state index contributed by atoms with van der Waals surface area (Å²) < 4.78 is 14.3. The first-order chi connectivity index (χ1) is 9.38. The molecule has 0 aliphatic heterocycles. The lowest BCUT2D eigenvalue weighted by Crippen LogP contribution is -2.13. The fourth-order valence-corrected chi connectivity index (χ4v) is 2.14. The summed E-state index contributed by atoms with van der Waals surface area (Å²) in [7, 11) is 0. The van der Waals surface area contributed by atoms with Crippen LogP contribution in [0.4, 0.5) is 15.8 Å². The van der Waals surface area contributed by atoms with E-state index >= 15 is 0 Å². The normalized spacial score (nSPS) is 10.4. The molecule has 0 spiro atoms. The van der Waals surface area contributed by atoms with Gasteiger partial charge in [-0.05, 0) is 53.2 Å². The molecule has 3 N–H and O–H groups in total. The number of rotatable bonds is 2. The van der Waals surface area contributed by atoms with Crippen LogP contribution in [0, 0.1) is 12.7 Å². The number of benzene rings is 2. The second-order valence-electron chi connectivity index (χ2n) is 4.25. The van der Waals surface area contributed by atoms with Crippen LogP contribution < -0.4 is 11.1 Å². The molecule has 0 aliphatic carbocycles. The minimum atomic E-state index is -0.514. The molecule has 20 heavy (non-hydrogen) atoms. The lowest BCUT2D eigenvalue weighted by atomic mass is 10.1. The van der Waals surface area contributed by atoms with Crippen molar-refractivity contribution in [2.24, 2.45) is 0 Å². The molecule has 1 amide bonds. The lowest BCUT2D eigenvalue weighted by molar-refractivity contribution is 0.102. The van der Waals surface area contributed by atoms with Gasteiger partial charge in [0.25, 0.3) is 5.91 Å². The standard InChI is InChI=1S/C14H11BrClFN2O/c1-7-11(17)4-8(5-12(7)18)14(20)19-13-6-9(16)2-3-10(13)15/h2-6H,18H2,1H3,(H,19,20). The Balaban J connectivity index is 2.31. The number of halogens is 3. The summed E-state index contributed by atoms with van der Waals surface area (Å²) in [4.78, 5) is 12.1. The van der Waals surface area contributed by atoms with Crippen LogP contribution >= 0.6 is 27.5 Å². The Bertz CT molecular complexity index is 668. The Kier molecular flexibility index (Phi) is 4.30. The molecule has 0 bridgehead atoms. The number of carbonyl (C=O) groups is 1. The Labute approximate surface area is 129 Å². The van der Waals surface area contributed by atoms with Crippen molar-refractivity contribution in [3.05, 3.63) is 56.8 Å². The van der Waals surface area contributed by atoms with Crippen molar-refractivity contribution in [3.63, 3.8) is 0 Å². The Hall–Kier alpha value is -1.59. The van der Waals surface area contributed by atoms with E-state index < -0.39 is 11.7 Å². The third-order valence-electron chi connectivity index (χ3n) is 2.82. The summed E-state index contributed by atoms with van der Waals surface area (Å²) >= 11 is 9.17. The lowest BCUT2D eigenvalue weighted by Gasteiger charge is -2.10. The third kappa shape index (κ3) is 3.11. The van der Waals surface area contributed by atoms with E-state index in [1.807, 2.05) is 0 Å². The van der Waals surface area contributed by atoms with Crippen molar-refractivity contribution < 1.29 is 9.18 Å². The predicted octanol–water partition coefficient (Wildman–Crippen LogP) is 4.38. The van der Waals surface area contributed by atoms with Gasteiger partial charge < -0.3 is 11.1 Å². The van der Waals surface area contributed by atoms with Crippen LogP contribution in [0.1, 0.15) is 15.9 Å². The molecule has 6 heteroatoms. The minimum absolute atomic E-state index is 0.150. The summed E-state index contributed by atoms with van der Waals surface area (Å²) in [6.07, 6.45) is 0. The zero-order valence-electron chi connectivity index (χ0n) is 10.5. The molecule has 0 aliphatic rings. The fourth-order valence-electron chi connectivity index (χ4n) is 1.62. The molecule has 0 radical (unpaired) electrons. The summed E-state index contributed by atoms with van der Waals surface area (Å²) in [5, 5.41) is 3.13. The number of nitrogens with one attached hydrogen (secondary N) is 1. The molecule has 0 saturated carbocycles. The van der Waals surface area contributed by atoms with Crippen LogP contribution in [-0.2, 0) is 0 Å². The second kappa shape index (κ2) is 5.81. The van der Waals surface area contributed by atoms with Gasteiger partial charge in [-0.15, -0.1) is 0 Å². The zero-order valence-corrected chi connectivity index (χ0v) is 12.8. The van der Waals surface area contributed by atoms with Crippen LogP contribution in [0.2, 0.25) is 5.02 Å². The Morgan fingerprint density at radius 1 is 1.35 bits per heavy atom. The molecule has 3 nitrogen and oxygen atoms in total. The number of hydrogen-bond donors (Lipinski definition) is 2. The van der Waals surface area contributed by atoms with Crippen LogP contribution in [0.5, 0.6) is 0 Å². The van der Waals surface area contributed by atoms with E-state index in [4.69, 9.17) is 17.3 Å². The molecule has 0 saturated heterocycles. The van der Waals surface area contributed by atoms with Gasteiger partial charge in [-0.1, -0.05) is 11.6 Å². The average Bonchev–Trinajstić information content (AvgIpc) is 2.39. The SMILES string of the molecule is Cc1c(N)cc(C(=O)Nc2cc(Cl)ccc2Br)cc1F. The Morgan fingerprint density at radius 3 is 2.70 bits per heavy atom. The van der Waals surface area contributed by atoms with Gasteiger partial charge in [0.05, 0.1) is 5.69 Å². The maximum atomic E-state index is 13.6. The van der Waals surface area contributed by atoms with Gasteiger partial charge in [0.15, 0.2) is 0 Å². The first kappa shape index (κ1) is 14.8. The second-order valence-corrected chi connectivity index (χ2v) is 5.54. The highest BCUT2D eigenvalue weighted by molar-refractivity contribution is 9.10. The van der Waals surface area contributed by atoms with Gasteiger partial charge in [-0.25, -0.2) is 4.39 Å². The van der Waals surface area contributed by atoms with Gasteiger partial charge in [-0.2, -0.15) is 0 Å². The largest absolute Gasteiger partial charge is 0.398 e. The minimum Gasteiger partial charge on any atom is -0.398 e. The Morgan fingerprint density at radius 2 is 2.05 bits per heavy atom. The van der Waals surface area contributed by atoms with Crippen LogP contribution in [0.15, 0.2) is 34.8 Å². The van der Waals surface area contributed by atoms with E-state index in [0.717, 1.165) is 6.07 Å². The topological polar surface area (TPSA) is 55.1 Å². The van der Waals surface area contributed by atoms with Crippen molar-refractivity contribution in [1.82, 2.24) is 0 Å². The van der Waals surface area contributed by atoms with Crippen LogP contribution in [-0.4, -0.2) is 5.91 Å². The molecule has 0 heterocycles. The number of amides is 1. The molecule has 104 valence electrons. The average molecular weight is 358 g/mol. The van der Waals surface area contributed by atoms with Crippen molar-refractivity contribution >= 4 is 44.8 Å². The highest BCUT2D eigenvalue weighted by atomic mass is 79.9. The number of nitrogen functional groups attached to an aromatic ring is 1. The molecule has 2 aromatic carbocycles. The van der Waals surface area contributed by atoms with Crippen LogP contribution in [0.25, 0.3) is 0 Å². The molecule has 0 aromatic heterocycles. The predicted molar refractivity (Wildman–Crippen MR) is 82.7 cm³/mol. The smallest absolute Gasteiger partial charge is 0.255 e. The van der Waals surface area contributed by atoms with Crippen LogP contribution in [0.3, 0.4) is 0 Å². The molecule has 0 fully saturated rings. The molecule has 2 rings (SSSR count). The van der Waals surface area contributed by atoms with Crippen molar-refractivity contribution in [3.8, 4) is 0 Å². The molecular formula is C14H11BrClFN2O. The van der Waals surface area contributed by atoms with E-state index in [9.17, 15) is 9.18 Å². The van der Waals surface area contributed by atoms with E-state index in [0.29, 0.717) is 20.7 Å². The van der Waals surface area contributed by atoms with E-state index in [1.165, 1.54) is 6.07 Å². The van der Waals surface area contributed by atoms with E-state index in [2.05, 4.69) is 21.2 Å². The number of carbonyl (C=O) groups excluding carboxylic acids is 1. The van der Waals surface area contributed by atoms with Gasteiger partial charge in [-0.3, -0.25) is 4.79 Å². The summed E-state index contributed by atoms with van der Waals surface area (Å²) in [6, 6.07) is 7.58. The highest BCUT2D eigenvalue weighted by Crippen LogP contribution is 2.27. The monoisotopic (exact) mass is 356 g/mol. The van der Waals surface area contributed by atoms with E-state index in [-0.39, 0.29) is 11.3 Å². The fraction of sp³-hybridized carbons (Fsp3) is 0.0714. The first-order valence-electron chi connectivity index (χ1n) is 5.70. The molecular weight excluding hydrogens is 347 g/mol. The first-order valence-corrected chi connectivity index (χ1v) is 6.87. The third-order valence-corrected chi connectivity index (χ3v) is 3.75. The van der Waals surface area contributed by atoms with Gasteiger partial charge in [0.2, 0.25) is 0 Å². The van der Waals surface area contributed by atoms with E-state index in [1.54, 1.807) is 25.1 Å². The zero-order chi connectivity index (χ0) is 14.9. The van der Waals surface area contributed by atoms with Crippen molar-refractivity contribution in [2.45, 2.75) is 6.92 Å². The van der Waals surface area contributed by atoms with Crippen molar-refractivity contribution in [2.75, 3.05) is 11.1 Å². The number of nitrogens with two attached hydrogens (primary N) is 1. The van der Waals surface area contributed by atoms with Gasteiger partial charge in [0, 0.05) is 26.3 Å². The summed E-state index contributed by atoms with van der Waals surface area (Å²) in [5.74, 6) is -0.973.